The number of hydrogen-bond acceptors (Lipinski definition) is 5. The molecule has 1 unspecified atom stereocenters. The van der Waals surface area contributed by atoms with Crippen molar-refractivity contribution in [3.8, 4) is 0 Å². The molecular formula is C9H14N2O2S. The Morgan fingerprint density at radius 1 is 1.57 bits per heavy atom. The predicted molar refractivity (Wildman–Crippen MR) is 54.3 cm³/mol. The molecule has 1 aliphatic heterocycles. The molecule has 78 valence electrons. The summed E-state index contributed by atoms with van der Waals surface area (Å²) in [5, 5.41) is 12.3. The van der Waals surface area contributed by atoms with Gasteiger partial charge in [0.05, 0.1) is 25.9 Å². The smallest absolute Gasteiger partial charge is 0.112 e. The van der Waals surface area contributed by atoms with Gasteiger partial charge in [-0.3, -0.25) is 4.90 Å². The minimum Gasteiger partial charge on any atom is -0.394 e. The second-order valence-electron chi connectivity index (χ2n) is 3.22. The number of rotatable bonds is 3. The number of morpholine rings is 1. The van der Waals surface area contributed by atoms with E-state index in [0.29, 0.717) is 0 Å². The van der Waals surface area contributed by atoms with Crippen LogP contribution in [-0.2, 0) is 4.74 Å². The van der Waals surface area contributed by atoms with Gasteiger partial charge in [0.1, 0.15) is 5.01 Å². The van der Waals surface area contributed by atoms with Gasteiger partial charge in [-0.15, -0.1) is 11.3 Å². The van der Waals surface area contributed by atoms with Gasteiger partial charge in [0, 0.05) is 24.7 Å². The summed E-state index contributed by atoms with van der Waals surface area (Å²) in [5.41, 5.74) is 0. The molecule has 0 spiro atoms. The van der Waals surface area contributed by atoms with Crippen LogP contribution in [0.1, 0.15) is 11.0 Å². The first-order chi connectivity index (χ1) is 6.92. The number of hydrogen-bond donors (Lipinski definition) is 1. The number of aromatic nitrogens is 1. The lowest BCUT2D eigenvalue weighted by Crippen LogP contribution is -2.40. The molecule has 1 aromatic rings. The van der Waals surface area contributed by atoms with Crippen molar-refractivity contribution in [3.05, 3.63) is 16.6 Å². The van der Waals surface area contributed by atoms with Crippen molar-refractivity contribution in [1.82, 2.24) is 9.88 Å². The Hall–Kier alpha value is -0.490. The summed E-state index contributed by atoms with van der Waals surface area (Å²) in [7, 11) is 0. The second kappa shape index (κ2) is 4.84. The van der Waals surface area contributed by atoms with Crippen molar-refractivity contribution in [1.29, 1.82) is 0 Å². The molecule has 1 aliphatic rings. The molecule has 4 nitrogen and oxygen atoms in total. The zero-order valence-electron chi connectivity index (χ0n) is 7.93. The summed E-state index contributed by atoms with van der Waals surface area (Å²) in [6.45, 7) is 3.40. The van der Waals surface area contributed by atoms with Crippen molar-refractivity contribution in [2.24, 2.45) is 0 Å². The Labute approximate surface area is 87.1 Å². The van der Waals surface area contributed by atoms with Crippen molar-refractivity contribution in [2.45, 2.75) is 6.04 Å². The average molecular weight is 214 g/mol. The van der Waals surface area contributed by atoms with Gasteiger partial charge in [-0.25, -0.2) is 4.98 Å². The first-order valence-corrected chi connectivity index (χ1v) is 5.62. The summed E-state index contributed by atoms with van der Waals surface area (Å²) in [6.07, 6.45) is 1.78. The summed E-state index contributed by atoms with van der Waals surface area (Å²) in [5.74, 6) is 0. The maximum absolute atomic E-state index is 9.33. The van der Waals surface area contributed by atoms with Crippen LogP contribution in [-0.4, -0.2) is 47.9 Å². The van der Waals surface area contributed by atoms with E-state index in [1.165, 1.54) is 0 Å². The molecule has 1 saturated heterocycles. The zero-order valence-corrected chi connectivity index (χ0v) is 8.74. The average Bonchev–Trinajstić information content (AvgIpc) is 2.74. The third-order valence-corrected chi connectivity index (χ3v) is 3.27. The largest absolute Gasteiger partial charge is 0.394 e. The van der Waals surface area contributed by atoms with Crippen LogP contribution in [0.15, 0.2) is 11.6 Å². The van der Waals surface area contributed by atoms with E-state index in [9.17, 15) is 5.11 Å². The molecule has 1 aromatic heterocycles. The summed E-state index contributed by atoms with van der Waals surface area (Å²) in [4.78, 5) is 6.46. The Kier molecular flexibility index (Phi) is 3.47. The lowest BCUT2D eigenvalue weighted by Gasteiger charge is -2.32. The second-order valence-corrected chi connectivity index (χ2v) is 4.14. The molecule has 2 heterocycles. The maximum atomic E-state index is 9.33. The van der Waals surface area contributed by atoms with Crippen LogP contribution in [0.3, 0.4) is 0 Å². The van der Waals surface area contributed by atoms with Crippen LogP contribution < -0.4 is 0 Å². The molecule has 1 N–H and O–H groups in total. The Morgan fingerprint density at radius 2 is 2.36 bits per heavy atom. The SMILES string of the molecule is OCC(c1nccs1)N1CCOCC1. The molecule has 1 fully saturated rings. The predicted octanol–water partition coefficient (Wildman–Crippen LogP) is 0.509. The number of thiazole rings is 1. The number of ether oxygens (including phenoxy) is 1. The summed E-state index contributed by atoms with van der Waals surface area (Å²) < 4.78 is 5.27. The zero-order chi connectivity index (χ0) is 9.80. The van der Waals surface area contributed by atoms with Crippen LogP contribution >= 0.6 is 11.3 Å². The van der Waals surface area contributed by atoms with E-state index in [1.54, 1.807) is 17.5 Å². The topological polar surface area (TPSA) is 45.6 Å². The van der Waals surface area contributed by atoms with Crippen LogP contribution in [0.2, 0.25) is 0 Å². The molecule has 0 saturated carbocycles. The van der Waals surface area contributed by atoms with E-state index in [1.807, 2.05) is 5.38 Å². The van der Waals surface area contributed by atoms with Crippen molar-refractivity contribution < 1.29 is 9.84 Å². The van der Waals surface area contributed by atoms with E-state index < -0.39 is 0 Å². The minimum absolute atomic E-state index is 0.0545. The van der Waals surface area contributed by atoms with Crippen molar-refractivity contribution in [2.75, 3.05) is 32.9 Å². The normalized spacial score (nSPS) is 20.9. The first-order valence-electron chi connectivity index (χ1n) is 4.74. The van der Waals surface area contributed by atoms with E-state index in [2.05, 4.69) is 9.88 Å². The van der Waals surface area contributed by atoms with Crippen molar-refractivity contribution >= 4 is 11.3 Å². The highest BCUT2D eigenvalue weighted by atomic mass is 32.1. The molecule has 2 rings (SSSR count). The number of aliphatic hydroxyl groups is 1. The quantitative estimate of drug-likeness (QED) is 0.796. The van der Waals surface area contributed by atoms with Gasteiger partial charge in [0.15, 0.2) is 0 Å². The molecule has 0 amide bonds. The van der Waals surface area contributed by atoms with Gasteiger partial charge in [0.2, 0.25) is 0 Å². The molecule has 1 atom stereocenters. The van der Waals surface area contributed by atoms with Gasteiger partial charge in [-0.1, -0.05) is 0 Å². The van der Waals surface area contributed by atoms with Gasteiger partial charge in [-0.2, -0.15) is 0 Å². The Balaban J connectivity index is 2.04. The first kappa shape index (κ1) is 10.0. The number of aliphatic hydroxyl groups excluding tert-OH is 1. The van der Waals surface area contributed by atoms with Gasteiger partial charge < -0.3 is 9.84 Å². The van der Waals surface area contributed by atoms with E-state index >= 15 is 0 Å². The lowest BCUT2D eigenvalue weighted by atomic mass is 10.2. The summed E-state index contributed by atoms with van der Waals surface area (Å²) >= 11 is 1.60. The van der Waals surface area contributed by atoms with Crippen LogP contribution in [0.4, 0.5) is 0 Å². The fourth-order valence-corrected chi connectivity index (χ4v) is 2.40. The Bertz CT molecular complexity index is 260. The van der Waals surface area contributed by atoms with Crippen LogP contribution in [0, 0.1) is 0 Å². The molecule has 5 heteroatoms. The molecule has 0 radical (unpaired) electrons. The van der Waals surface area contributed by atoms with Gasteiger partial charge in [0.25, 0.3) is 0 Å². The molecule has 0 aromatic carbocycles. The van der Waals surface area contributed by atoms with E-state index in [4.69, 9.17) is 4.74 Å². The van der Waals surface area contributed by atoms with Gasteiger partial charge in [-0.05, 0) is 0 Å². The van der Waals surface area contributed by atoms with E-state index in [-0.39, 0.29) is 12.6 Å². The van der Waals surface area contributed by atoms with Gasteiger partial charge >= 0.3 is 0 Å². The maximum Gasteiger partial charge on any atom is 0.112 e. The molecule has 0 aliphatic carbocycles. The minimum atomic E-state index is 0.0545. The van der Waals surface area contributed by atoms with E-state index in [0.717, 1.165) is 31.3 Å². The molecule has 14 heavy (non-hydrogen) atoms. The standard InChI is InChI=1S/C9H14N2O2S/c12-7-8(9-10-1-6-14-9)11-2-4-13-5-3-11/h1,6,8,12H,2-5,7H2. The van der Waals surface area contributed by atoms with Crippen LogP contribution in [0.25, 0.3) is 0 Å². The third-order valence-electron chi connectivity index (χ3n) is 2.40. The lowest BCUT2D eigenvalue weighted by molar-refractivity contribution is 0.00255. The van der Waals surface area contributed by atoms with Crippen LogP contribution in [0.5, 0.6) is 0 Å². The highest BCUT2D eigenvalue weighted by Gasteiger charge is 2.23. The fraction of sp³-hybridized carbons (Fsp3) is 0.667. The Morgan fingerprint density at radius 3 is 2.93 bits per heavy atom. The molecular weight excluding hydrogens is 200 g/mol. The van der Waals surface area contributed by atoms with Crippen molar-refractivity contribution in [3.63, 3.8) is 0 Å². The monoisotopic (exact) mass is 214 g/mol. The summed E-state index contributed by atoms with van der Waals surface area (Å²) in [6, 6.07) is 0.0545. The molecule has 0 bridgehead atoms. The third kappa shape index (κ3) is 2.12. The number of nitrogens with zero attached hydrogens (tertiary/aromatic N) is 2. The fourth-order valence-electron chi connectivity index (χ4n) is 1.64. The highest BCUT2D eigenvalue weighted by molar-refractivity contribution is 7.09. The highest BCUT2D eigenvalue weighted by Crippen LogP contribution is 2.22.